The largest absolute Gasteiger partial charge is 0.398 e. The van der Waals surface area contributed by atoms with Crippen LogP contribution in [-0.4, -0.2) is 37.6 Å². The summed E-state index contributed by atoms with van der Waals surface area (Å²) in [5.41, 5.74) is 6.63. The Morgan fingerprint density at radius 2 is 2.20 bits per heavy atom. The van der Waals surface area contributed by atoms with Crippen LogP contribution in [0.25, 0.3) is 0 Å². The van der Waals surface area contributed by atoms with Crippen LogP contribution in [0.4, 0.5) is 10.1 Å². The minimum atomic E-state index is -0.452. The second-order valence-corrected chi connectivity index (χ2v) is 5.42. The van der Waals surface area contributed by atoms with E-state index in [4.69, 9.17) is 10.5 Å². The maximum absolute atomic E-state index is 13.6. The van der Waals surface area contributed by atoms with Crippen molar-refractivity contribution in [2.75, 3.05) is 32.5 Å². The Balaban J connectivity index is 1.88. The van der Waals surface area contributed by atoms with Crippen molar-refractivity contribution in [3.8, 4) is 0 Å². The normalized spacial score (nSPS) is 14.3. The topological polar surface area (TPSA) is 55.6 Å². The number of halogens is 1. The number of benzene rings is 1. The second kappa shape index (κ2) is 6.22. The zero-order chi connectivity index (χ0) is 14.7. The van der Waals surface area contributed by atoms with E-state index >= 15 is 0 Å². The summed E-state index contributed by atoms with van der Waals surface area (Å²) in [6.45, 7) is 3.35. The van der Waals surface area contributed by atoms with Crippen molar-refractivity contribution in [3.05, 3.63) is 29.1 Å². The lowest BCUT2D eigenvalue weighted by Crippen LogP contribution is -2.30. The zero-order valence-corrected chi connectivity index (χ0v) is 12.0. The summed E-state index contributed by atoms with van der Waals surface area (Å²) in [7, 11) is 1.68. The molecule has 1 aliphatic rings. The van der Waals surface area contributed by atoms with Gasteiger partial charge in [0.15, 0.2) is 0 Å². The summed E-state index contributed by atoms with van der Waals surface area (Å²) in [4.78, 5) is 13.7. The van der Waals surface area contributed by atoms with Gasteiger partial charge in [0.1, 0.15) is 5.82 Å². The monoisotopic (exact) mass is 280 g/mol. The SMILES string of the molecule is Cc1c(N)cc(C(=O)N(C)CCOCC2CC2)cc1F. The van der Waals surface area contributed by atoms with Crippen molar-refractivity contribution < 1.29 is 13.9 Å². The van der Waals surface area contributed by atoms with Gasteiger partial charge in [0.25, 0.3) is 5.91 Å². The van der Waals surface area contributed by atoms with Crippen molar-refractivity contribution in [3.63, 3.8) is 0 Å². The molecule has 0 bridgehead atoms. The van der Waals surface area contributed by atoms with E-state index in [1.807, 2.05) is 0 Å². The molecular weight excluding hydrogens is 259 g/mol. The van der Waals surface area contributed by atoms with Gasteiger partial charge >= 0.3 is 0 Å². The quantitative estimate of drug-likeness (QED) is 0.642. The molecule has 1 aromatic rings. The number of nitrogens with two attached hydrogens (primary N) is 1. The Bertz CT molecular complexity index is 478. The number of anilines is 1. The summed E-state index contributed by atoms with van der Waals surface area (Å²) in [5.74, 6) is 0.0133. The number of nitrogens with zero attached hydrogens (tertiary/aromatic N) is 1. The molecule has 2 N–H and O–H groups in total. The van der Waals surface area contributed by atoms with E-state index in [0.717, 1.165) is 6.61 Å². The molecule has 1 aliphatic carbocycles. The predicted octanol–water partition coefficient (Wildman–Crippen LogP) is 2.21. The standard InChI is InChI=1S/C15H21FN2O2/c1-10-13(16)7-12(8-14(10)17)15(19)18(2)5-6-20-9-11-3-4-11/h7-8,11H,3-6,9,17H2,1-2H3. The van der Waals surface area contributed by atoms with E-state index in [1.165, 1.54) is 29.9 Å². The fourth-order valence-corrected chi connectivity index (χ4v) is 1.88. The molecule has 0 unspecified atom stereocenters. The fourth-order valence-electron chi connectivity index (χ4n) is 1.88. The van der Waals surface area contributed by atoms with Crippen LogP contribution in [-0.2, 0) is 4.74 Å². The summed E-state index contributed by atoms with van der Waals surface area (Å²) in [5, 5.41) is 0. The highest BCUT2D eigenvalue weighted by atomic mass is 19.1. The number of nitrogen functional groups attached to an aromatic ring is 1. The molecule has 0 heterocycles. The van der Waals surface area contributed by atoms with Crippen molar-refractivity contribution in [2.45, 2.75) is 19.8 Å². The summed E-state index contributed by atoms with van der Waals surface area (Å²) in [6, 6.07) is 2.75. The molecule has 0 atom stereocenters. The van der Waals surface area contributed by atoms with Crippen LogP contribution in [0.1, 0.15) is 28.8 Å². The average molecular weight is 280 g/mol. The molecule has 0 spiro atoms. The Kier molecular flexibility index (Phi) is 4.60. The maximum Gasteiger partial charge on any atom is 0.253 e. The lowest BCUT2D eigenvalue weighted by Gasteiger charge is -2.18. The molecule has 0 aliphatic heterocycles. The van der Waals surface area contributed by atoms with Gasteiger partial charge in [-0.1, -0.05) is 0 Å². The number of carbonyl (C=O) groups is 1. The number of amides is 1. The van der Waals surface area contributed by atoms with Crippen LogP contribution in [0, 0.1) is 18.7 Å². The molecule has 0 radical (unpaired) electrons. The van der Waals surface area contributed by atoms with Crippen LogP contribution in [0.3, 0.4) is 0 Å². The molecular formula is C15H21FN2O2. The molecule has 1 aromatic carbocycles. The van der Waals surface area contributed by atoms with Crippen LogP contribution in [0.15, 0.2) is 12.1 Å². The molecule has 1 fully saturated rings. The van der Waals surface area contributed by atoms with Gasteiger partial charge in [-0.25, -0.2) is 4.39 Å². The zero-order valence-electron chi connectivity index (χ0n) is 12.0. The molecule has 4 nitrogen and oxygen atoms in total. The van der Waals surface area contributed by atoms with Gasteiger partial charge < -0.3 is 15.4 Å². The third kappa shape index (κ3) is 3.70. The van der Waals surface area contributed by atoms with Crippen molar-refractivity contribution >= 4 is 11.6 Å². The lowest BCUT2D eigenvalue weighted by atomic mass is 10.1. The first kappa shape index (κ1) is 14.8. The first-order valence-electron chi connectivity index (χ1n) is 6.88. The average Bonchev–Trinajstić information content (AvgIpc) is 3.23. The van der Waals surface area contributed by atoms with Gasteiger partial charge in [-0.15, -0.1) is 0 Å². The predicted molar refractivity (Wildman–Crippen MR) is 76.1 cm³/mol. The van der Waals surface area contributed by atoms with Crippen LogP contribution in [0.2, 0.25) is 0 Å². The van der Waals surface area contributed by atoms with Crippen molar-refractivity contribution in [1.29, 1.82) is 0 Å². The first-order valence-corrected chi connectivity index (χ1v) is 6.88. The molecule has 5 heteroatoms. The summed E-state index contributed by atoms with van der Waals surface area (Å²) >= 11 is 0. The number of hydrogen-bond donors (Lipinski definition) is 1. The Morgan fingerprint density at radius 3 is 2.80 bits per heavy atom. The second-order valence-electron chi connectivity index (χ2n) is 5.42. The number of likely N-dealkylation sites (N-methyl/N-ethyl adjacent to an activating group) is 1. The number of carbonyl (C=O) groups excluding carboxylic acids is 1. The molecule has 1 saturated carbocycles. The molecule has 0 saturated heterocycles. The Morgan fingerprint density at radius 1 is 1.50 bits per heavy atom. The van der Waals surface area contributed by atoms with Crippen LogP contribution < -0.4 is 5.73 Å². The maximum atomic E-state index is 13.6. The van der Waals surface area contributed by atoms with Crippen LogP contribution in [0.5, 0.6) is 0 Å². The smallest absolute Gasteiger partial charge is 0.253 e. The number of rotatable bonds is 6. The summed E-state index contributed by atoms with van der Waals surface area (Å²) in [6.07, 6.45) is 2.49. The molecule has 1 amide bonds. The summed E-state index contributed by atoms with van der Waals surface area (Å²) < 4.78 is 19.1. The van der Waals surface area contributed by atoms with E-state index in [-0.39, 0.29) is 11.5 Å². The number of ether oxygens (including phenoxy) is 1. The highest BCUT2D eigenvalue weighted by molar-refractivity contribution is 5.95. The van der Waals surface area contributed by atoms with Gasteiger partial charge in [0, 0.05) is 37.0 Å². The molecule has 0 aromatic heterocycles. The molecule has 2 rings (SSSR count). The van der Waals surface area contributed by atoms with Gasteiger partial charge in [-0.05, 0) is 37.8 Å². The fraction of sp³-hybridized carbons (Fsp3) is 0.533. The lowest BCUT2D eigenvalue weighted by molar-refractivity contribution is 0.0680. The Hall–Kier alpha value is -1.62. The first-order chi connectivity index (χ1) is 9.49. The number of hydrogen-bond acceptors (Lipinski definition) is 3. The third-order valence-electron chi connectivity index (χ3n) is 3.60. The minimum absolute atomic E-state index is 0.245. The van der Waals surface area contributed by atoms with Crippen molar-refractivity contribution in [1.82, 2.24) is 4.90 Å². The third-order valence-corrected chi connectivity index (χ3v) is 3.60. The minimum Gasteiger partial charge on any atom is -0.398 e. The van der Waals surface area contributed by atoms with E-state index in [9.17, 15) is 9.18 Å². The van der Waals surface area contributed by atoms with E-state index in [1.54, 1.807) is 14.0 Å². The van der Waals surface area contributed by atoms with Crippen molar-refractivity contribution in [2.24, 2.45) is 5.92 Å². The highest BCUT2D eigenvalue weighted by Gasteiger charge is 2.21. The van der Waals surface area contributed by atoms with Gasteiger partial charge in [-0.2, -0.15) is 0 Å². The molecule has 110 valence electrons. The van der Waals surface area contributed by atoms with E-state index < -0.39 is 5.82 Å². The Labute approximate surface area is 118 Å². The molecule has 20 heavy (non-hydrogen) atoms. The van der Waals surface area contributed by atoms with Gasteiger partial charge in [0.05, 0.1) is 6.61 Å². The van der Waals surface area contributed by atoms with Gasteiger partial charge in [-0.3, -0.25) is 4.79 Å². The van der Waals surface area contributed by atoms with Crippen LogP contribution >= 0.6 is 0 Å². The van der Waals surface area contributed by atoms with Gasteiger partial charge in [0.2, 0.25) is 0 Å². The van der Waals surface area contributed by atoms with E-state index in [2.05, 4.69) is 0 Å². The highest BCUT2D eigenvalue weighted by Crippen LogP contribution is 2.28. The van der Waals surface area contributed by atoms with E-state index in [0.29, 0.717) is 30.3 Å².